The van der Waals surface area contributed by atoms with Gasteiger partial charge in [0.15, 0.2) is 0 Å². The van der Waals surface area contributed by atoms with Gasteiger partial charge in [0.1, 0.15) is 18.8 Å². The third-order valence-electron chi connectivity index (χ3n) is 1.89. The van der Waals surface area contributed by atoms with E-state index >= 15 is 0 Å². The Morgan fingerprint density at radius 2 is 2.22 bits per heavy atom. The number of hydrogen-bond acceptors (Lipinski definition) is 4. The monoisotopic (exact) mass is 243 g/mol. The van der Waals surface area contributed by atoms with E-state index in [1.54, 1.807) is 36.4 Å². The minimum Gasteiger partial charge on any atom is -0.490 e. The lowest BCUT2D eigenvalue weighted by atomic mass is 10.2. The molecule has 0 fully saturated rings. The number of carbonyl (C=O) groups is 1. The number of benzene rings is 1. The van der Waals surface area contributed by atoms with Crippen molar-refractivity contribution in [2.45, 2.75) is 6.42 Å². The molecule has 0 aliphatic heterocycles. The Labute approximate surface area is 105 Å². The molecule has 0 atom stereocenters. The van der Waals surface area contributed by atoms with Crippen LogP contribution < -0.4 is 10.2 Å². The Hall–Kier alpha value is -2.61. The van der Waals surface area contributed by atoms with Crippen LogP contribution in [-0.2, 0) is 4.79 Å². The Morgan fingerprint density at radius 3 is 2.83 bits per heavy atom. The number of nitriles is 1. The van der Waals surface area contributed by atoms with Crippen molar-refractivity contribution in [3.63, 3.8) is 0 Å². The van der Waals surface area contributed by atoms with Crippen molar-refractivity contribution in [1.82, 2.24) is 5.43 Å². The summed E-state index contributed by atoms with van der Waals surface area (Å²) in [6, 6.07) is 8.93. The molecule has 0 unspecified atom stereocenters. The van der Waals surface area contributed by atoms with Gasteiger partial charge in [-0.1, -0.05) is 12.7 Å². The van der Waals surface area contributed by atoms with Gasteiger partial charge in [0.05, 0.1) is 12.3 Å². The average molecular weight is 243 g/mol. The number of hydrazone groups is 1. The summed E-state index contributed by atoms with van der Waals surface area (Å²) in [5.74, 6) is 0.306. The molecule has 0 heterocycles. The SMILES string of the molecule is C=CCOc1ccc(/C=N\NC(=O)CC#N)cc1. The summed E-state index contributed by atoms with van der Waals surface area (Å²) in [7, 11) is 0. The largest absolute Gasteiger partial charge is 0.490 e. The van der Waals surface area contributed by atoms with Crippen LogP contribution in [-0.4, -0.2) is 18.7 Å². The van der Waals surface area contributed by atoms with Gasteiger partial charge in [0.25, 0.3) is 5.91 Å². The van der Waals surface area contributed by atoms with Crippen LogP contribution in [0.25, 0.3) is 0 Å². The number of amides is 1. The first-order chi connectivity index (χ1) is 8.76. The quantitative estimate of drug-likeness (QED) is 0.468. The highest BCUT2D eigenvalue weighted by Crippen LogP contribution is 2.10. The van der Waals surface area contributed by atoms with Crippen molar-refractivity contribution in [1.29, 1.82) is 5.26 Å². The minimum absolute atomic E-state index is 0.203. The molecule has 0 aliphatic carbocycles. The fourth-order valence-corrected chi connectivity index (χ4v) is 1.10. The zero-order chi connectivity index (χ0) is 13.2. The molecule has 5 nitrogen and oxygen atoms in total. The van der Waals surface area contributed by atoms with Crippen molar-refractivity contribution >= 4 is 12.1 Å². The summed E-state index contributed by atoms with van der Waals surface area (Å²) in [5, 5.41) is 12.0. The van der Waals surface area contributed by atoms with Gasteiger partial charge in [0, 0.05) is 0 Å². The molecular weight excluding hydrogens is 230 g/mol. The van der Waals surface area contributed by atoms with Gasteiger partial charge in [-0.25, -0.2) is 5.43 Å². The van der Waals surface area contributed by atoms with Crippen LogP contribution in [0.3, 0.4) is 0 Å². The summed E-state index contributed by atoms with van der Waals surface area (Å²) in [6.07, 6.45) is 2.96. The molecule has 0 saturated carbocycles. The van der Waals surface area contributed by atoms with E-state index in [0.29, 0.717) is 6.61 Å². The first-order valence-electron chi connectivity index (χ1n) is 5.29. The molecule has 1 N–H and O–H groups in total. The first-order valence-corrected chi connectivity index (χ1v) is 5.29. The van der Waals surface area contributed by atoms with Crippen LogP contribution in [0.5, 0.6) is 5.75 Å². The molecule has 0 bridgehead atoms. The van der Waals surface area contributed by atoms with E-state index in [2.05, 4.69) is 17.1 Å². The molecule has 1 aromatic rings. The normalized spacial score (nSPS) is 9.72. The Balaban J connectivity index is 2.48. The predicted octanol–water partition coefficient (Wildman–Crippen LogP) is 1.62. The summed E-state index contributed by atoms with van der Waals surface area (Å²) in [5.41, 5.74) is 3.06. The van der Waals surface area contributed by atoms with Gasteiger partial charge >= 0.3 is 0 Å². The maximum Gasteiger partial charge on any atom is 0.254 e. The molecule has 1 aromatic carbocycles. The minimum atomic E-state index is -0.431. The van der Waals surface area contributed by atoms with Crippen molar-refractivity contribution in [2.75, 3.05) is 6.61 Å². The summed E-state index contributed by atoms with van der Waals surface area (Å²) < 4.78 is 5.32. The van der Waals surface area contributed by atoms with Gasteiger partial charge in [-0.15, -0.1) is 0 Å². The highest BCUT2D eigenvalue weighted by atomic mass is 16.5. The molecule has 0 aromatic heterocycles. The zero-order valence-electron chi connectivity index (χ0n) is 9.80. The molecule has 92 valence electrons. The van der Waals surface area contributed by atoms with Crippen LogP contribution >= 0.6 is 0 Å². The molecule has 5 heteroatoms. The van der Waals surface area contributed by atoms with Crippen LogP contribution in [0, 0.1) is 11.3 Å². The van der Waals surface area contributed by atoms with E-state index in [0.717, 1.165) is 11.3 Å². The molecule has 18 heavy (non-hydrogen) atoms. The Kier molecular flexibility index (Phi) is 5.70. The van der Waals surface area contributed by atoms with Gasteiger partial charge < -0.3 is 4.74 Å². The van der Waals surface area contributed by atoms with E-state index < -0.39 is 5.91 Å². The van der Waals surface area contributed by atoms with E-state index in [1.807, 2.05) is 0 Å². The topological polar surface area (TPSA) is 74.5 Å². The molecule has 0 saturated heterocycles. The van der Waals surface area contributed by atoms with Crippen LogP contribution in [0.2, 0.25) is 0 Å². The first kappa shape index (κ1) is 13.5. The highest BCUT2D eigenvalue weighted by Gasteiger charge is 1.96. The van der Waals surface area contributed by atoms with Crippen molar-refractivity contribution in [3.8, 4) is 11.8 Å². The molecule has 1 rings (SSSR count). The average Bonchev–Trinajstić information content (AvgIpc) is 2.38. The second-order valence-electron chi connectivity index (χ2n) is 3.30. The van der Waals surface area contributed by atoms with Crippen molar-refractivity contribution in [3.05, 3.63) is 42.5 Å². The molecule has 0 spiro atoms. The number of nitrogens with one attached hydrogen (secondary N) is 1. The highest BCUT2D eigenvalue weighted by molar-refractivity contribution is 5.83. The molecule has 0 aliphatic rings. The number of carbonyl (C=O) groups excluding carboxylic acids is 1. The summed E-state index contributed by atoms with van der Waals surface area (Å²) in [6.45, 7) is 4.01. The zero-order valence-corrected chi connectivity index (χ0v) is 9.80. The fourth-order valence-electron chi connectivity index (χ4n) is 1.10. The van der Waals surface area contributed by atoms with Crippen LogP contribution in [0.4, 0.5) is 0 Å². The Bertz CT molecular complexity index is 472. The third-order valence-corrected chi connectivity index (χ3v) is 1.89. The lowest BCUT2D eigenvalue weighted by molar-refractivity contribution is -0.120. The second kappa shape index (κ2) is 7.63. The van der Waals surface area contributed by atoms with Crippen molar-refractivity contribution in [2.24, 2.45) is 5.10 Å². The maximum absolute atomic E-state index is 10.9. The number of nitrogens with zero attached hydrogens (tertiary/aromatic N) is 2. The number of hydrogen-bond donors (Lipinski definition) is 1. The van der Waals surface area contributed by atoms with Crippen molar-refractivity contribution < 1.29 is 9.53 Å². The Morgan fingerprint density at radius 1 is 1.50 bits per heavy atom. The standard InChI is InChI=1S/C13H13N3O2/c1-2-9-18-12-5-3-11(4-6-12)10-15-16-13(17)7-8-14/h2-6,10H,1,7,9H2,(H,16,17)/b15-10-. The van der Waals surface area contributed by atoms with E-state index in [-0.39, 0.29) is 6.42 Å². The van der Waals surface area contributed by atoms with Gasteiger partial charge in [0.2, 0.25) is 0 Å². The van der Waals surface area contributed by atoms with Crippen LogP contribution in [0.1, 0.15) is 12.0 Å². The summed E-state index contributed by atoms with van der Waals surface area (Å²) >= 11 is 0. The number of ether oxygens (including phenoxy) is 1. The molecule has 0 radical (unpaired) electrons. The molecular formula is C13H13N3O2. The van der Waals surface area contributed by atoms with Gasteiger partial charge in [-0.05, 0) is 29.8 Å². The van der Waals surface area contributed by atoms with Crippen LogP contribution in [0.15, 0.2) is 42.0 Å². The van der Waals surface area contributed by atoms with E-state index in [1.165, 1.54) is 6.21 Å². The summed E-state index contributed by atoms with van der Waals surface area (Å²) in [4.78, 5) is 10.9. The number of rotatable bonds is 6. The van der Waals surface area contributed by atoms with Gasteiger partial charge in [-0.3, -0.25) is 4.79 Å². The predicted molar refractivity (Wildman–Crippen MR) is 68.1 cm³/mol. The molecule has 1 amide bonds. The fraction of sp³-hybridized carbons (Fsp3) is 0.154. The van der Waals surface area contributed by atoms with Gasteiger partial charge in [-0.2, -0.15) is 10.4 Å². The third kappa shape index (κ3) is 4.94. The van der Waals surface area contributed by atoms with E-state index in [4.69, 9.17) is 10.00 Å². The maximum atomic E-state index is 10.9. The smallest absolute Gasteiger partial charge is 0.254 e. The van der Waals surface area contributed by atoms with E-state index in [9.17, 15) is 4.79 Å². The lowest BCUT2D eigenvalue weighted by Crippen LogP contribution is -2.16. The second-order valence-corrected chi connectivity index (χ2v) is 3.30. The lowest BCUT2D eigenvalue weighted by Gasteiger charge is -2.02.